The molecule has 0 saturated carbocycles. The molecule has 4 rings (SSSR count). The van der Waals surface area contributed by atoms with E-state index in [0.29, 0.717) is 31.0 Å². The lowest BCUT2D eigenvalue weighted by Gasteiger charge is -2.27. The van der Waals surface area contributed by atoms with Crippen molar-refractivity contribution >= 4 is 23.1 Å². The molecule has 0 saturated heterocycles. The molecule has 24 heavy (non-hydrogen) atoms. The molecular weight excluding hydrogens is 324 g/mol. The third kappa shape index (κ3) is 2.65. The van der Waals surface area contributed by atoms with Crippen molar-refractivity contribution in [3.05, 3.63) is 46.6 Å². The largest absolute Gasteiger partial charge is 0.372 e. The lowest BCUT2D eigenvalue weighted by molar-refractivity contribution is 0.0727. The Morgan fingerprint density at radius 2 is 2.29 bits per heavy atom. The zero-order chi connectivity index (χ0) is 16.5. The van der Waals surface area contributed by atoms with Crippen LogP contribution in [0.4, 0.5) is 5.82 Å². The molecule has 1 aliphatic heterocycles. The van der Waals surface area contributed by atoms with Crippen molar-refractivity contribution < 1.29 is 4.79 Å². The van der Waals surface area contributed by atoms with E-state index in [1.807, 2.05) is 29.6 Å². The van der Waals surface area contributed by atoms with E-state index in [9.17, 15) is 4.79 Å². The van der Waals surface area contributed by atoms with Crippen LogP contribution in [0.2, 0.25) is 0 Å². The van der Waals surface area contributed by atoms with Gasteiger partial charge in [0.15, 0.2) is 5.69 Å². The van der Waals surface area contributed by atoms with E-state index < -0.39 is 0 Å². The number of H-pyrrole nitrogens is 1. The summed E-state index contributed by atoms with van der Waals surface area (Å²) >= 11 is 1.61. The smallest absolute Gasteiger partial charge is 0.274 e. The van der Waals surface area contributed by atoms with E-state index in [4.69, 9.17) is 0 Å². The van der Waals surface area contributed by atoms with E-state index in [-0.39, 0.29) is 5.91 Å². The first kappa shape index (κ1) is 14.8. The molecule has 4 heterocycles. The van der Waals surface area contributed by atoms with Crippen LogP contribution in [0.5, 0.6) is 0 Å². The first-order valence-electron chi connectivity index (χ1n) is 7.66. The topological polar surface area (TPSA) is 86.8 Å². The number of hydrogen-bond acceptors (Lipinski definition) is 6. The SMILES string of the molecule is CNc1cc2c(nn1)CCN(C(=O)c1cc(-c3cccs3)[nH]n1)C2. The molecule has 8 heteroatoms. The van der Waals surface area contributed by atoms with E-state index in [1.165, 1.54) is 0 Å². The van der Waals surface area contributed by atoms with Crippen LogP contribution in [0, 0.1) is 0 Å². The van der Waals surface area contributed by atoms with Crippen LogP contribution in [0.15, 0.2) is 29.6 Å². The number of carbonyl (C=O) groups is 1. The average Bonchev–Trinajstić information content (AvgIpc) is 3.31. The van der Waals surface area contributed by atoms with Crippen molar-refractivity contribution in [3.8, 4) is 10.6 Å². The minimum absolute atomic E-state index is 0.0671. The Balaban J connectivity index is 1.55. The van der Waals surface area contributed by atoms with Crippen molar-refractivity contribution in [2.24, 2.45) is 0 Å². The highest BCUT2D eigenvalue weighted by Gasteiger charge is 2.25. The van der Waals surface area contributed by atoms with Crippen molar-refractivity contribution in [1.82, 2.24) is 25.3 Å². The van der Waals surface area contributed by atoms with E-state index in [2.05, 4.69) is 25.7 Å². The highest BCUT2D eigenvalue weighted by Crippen LogP contribution is 2.24. The predicted octanol–water partition coefficient (Wildman–Crippen LogP) is 2.17. The molecular formula is C16H16N6OS. The third-order valence-corrected chi connectivity index (χ3v) is 4.97. The second-order valence-corrected chi connectivity index (χ2v) is 6.52. The predicted molar refractivity (Wildman–Crippen MR) is 91.9 cm³/mol. The molecule has 0 atom stereocenters. The number of nitrogens with one attached hydrogen (secondary N) is 2. The van der Waals surface area contributed by atoms with Gasteiger partial charge in [-0.2, -0.15) is 10.2 Å². The molecule has 0 fully saturated rings. The summed E-state index contributed by atoms with van der Waals surface area (Å²) in [5.74, 6) is 0.644. The zero-order valence-electron chi connectivity index (χ0n) is 13.1. The molecule has 2 N–H and O–H groups in total. The summed E-state index contributed by atoms with van der Waals surface area (Å²) in [6, 6.07) is 7.74. The standard InChI is InChI=1S/C16H16N6OS/c1-17-15-7-10-9-22(5-4-11(10)18-21-15)16(23)13-8-12(19-20-13)14-3-2-6-24-14/h2-3,6-8H,4-5,9H2,1H3,(H,17,21)(H,19,20). The molecule has 0 bridgehead atoms. The summed E-state index contributed by atoms with van der Waals surface area (Å²) < 4.78 is 0. The lowest BCUT2D eigenvalue weighted by atomic mass is 10.1. The minimum atomic E-state index is -0.0671. The van der Waals surface area contributed by atoms with Gasteiger partial charge in [-0.05, 0) is 29.1 Å². The van der Waals surface area contributed by atoms with Gasteiger partial charge in [0.05, 0.1) is 16.3 Å². The van der Waals surface area contributed by atoms with Crippen LogP contribution in [-0.4, -0.2) is 44.8 Å². The first-order valence-corrected chi connectivity index (χ1v) is 8.54. The van der Waals surface area contributed by atoms with Gasteiger partial charge in [0.1, 0.15) is 5.82 Å². The van der Waals surface area contributed by atoms with E-state index in [1.54, 1.807) is 23.3 Å². The lowest BCUT2D eigenvalue weighted by Crippen LogP contribution is -2.36. The highest BCUT2D eigenvalue weighted by molar-refractivity contribution is 7.13. The number of nitrogens with zero attached hydrogens (tertiary/aromatic N) is 4. The highest BCUT2D eigenvalue weighted by atomic mass is 32.1. The van der Waals surface area contributed by atoms with Gasteiger partial charge < -0.3 is 10.2 Å². The van der Waals surface area contributed by atoms with Gasteiger partial charge in [0, 0.05) is 26.6 Å². The van der Waals surface area contributed by atoms with Gasteiger partial charge in [-0.15, -0.1) is 16.4 Å². The second kappa shape index (κ2) is 6.04. The number of anilines is 1. The Labute approximate surface area is 142 Å². The van der Waals surface area contributed by atoms with Crippen molar-refractivity contribution in [2.75, 3.05) is 18.9 Å². The Morgan fingerprint density at radius 3 is 3.08 bits per heavy atom. The Morgan fingerprint density at radius 1 is 1.38 bits per heavy atom. The van der Waals surface area contributed by atoms with E-state index >= 15 is 0 Å². The van der Waals surface area contributed by atoms with Gasteiger partial charge in [-0.25, -0.2) is 0 Å². The third-order valence-electron chi connectivity index (χ3n) is 4.07. The van der Waals surface area contributed by atoms with Crippen molar-refractivity contribution in [1.29, 1.82) is 0 Å². The second-order valence-electron chi connectivity index (χ2n) is 5.57. The summed E-state index contributed by atoms with van der Waals surface area (Å²) in [4.78, 5) is 15.6. The van der Waals surface area contributed by atoms with Crippen molar-refractivity contribution in [3.63, 3.8) is 0 Å². The van der Waals surface area contributed by atoms with Gasteiger partial charge in [0.2, 0.25) is 0 Å². The molecule has 3 aromatic heterocycles. The maximum absolute atomic E-state index is 12.7. The molecule has 0 unspecified atom stereocenters. The van der Waals surface area contributed by atoms with Crippen LogP contribution in [0.25, 0.3) is 10.6 Å². The van der Waals surface area contributed by atoms with Crippen LogP contribution in [-0.2, 0) is 13.0 Å². The Kier molecular flexibility index (Phi) is 3.73. The molecule has 0 aromatic carbocycles. The fraction of sp³-hybridized carbons (Fsp3) is 0.250. The number of aromatic nitrogens is 4. The summed E-state index contributed by atoms with van der Waals surface area (Å²) in [6.45, 7) is 1.15. The summed E-state index contributed by atoms with van der Waals surface area (Å²) in [7, 11) is 1.80. The van der Waals surface area contributed by atoms with Gasteiger partial charge in [0.25, 0.3) is 5.91 Å². The zero-order valence-corrected chi connectivity index (χ0v) is 13.9. The molecule has 1 amide bonds. The number of rotatable bonds is 3. The first-order chi connectivity index (χ1) is 11.7. The van der Waals surface area contributed by atoms with Crippen LogP contribution in [0.1, 0.15) is 21.7 Å². The normalized spacial score (nSPS) is 13.6. The maximum atomic E-state index is 12.7. The maximum Gasteiger partial charge on any atom is 0.274 e. The molecule has 1 aliphatic rings. The van der Waals surface area contributed by atoms with Crippen LogP contribution < -0.4 is 5.32 Å². The van der Waals surface area contributed by atoms with Gasteiger partial charge in [-0.1, -0.05) is 6.07 Å². The monoisotopic (exact) mass is 340 g/mol. The number of fused-ring (bicyclic) bond motifs is 1. The number of carbonyl (C=O) groups excluding carboxylic acids is 1. The van der Waals surface area contributed by atoms with E-state index in [0.717, 1.165) is 21.8 Å². The summed E-state index contributed by atoms with van der Waals surface area (Å²) in [5, 5.41) is 20.4. The molecule has 0 spiro atoms. The number of aromatic amines is 1. The summed E-state index contributed by atoms with van der Waals surface area (Å²) in [6.07, 6.45) is 0.709. The number of amides is 1. The molecule has 7 nitrogen and oxygen atoms in total. The molecule has 3 aromatic rings. The minimum Gasteiger partial charge on any atom is -0.372 e. The quantitative estimate of drug-likeness (QED) is 0.763. The molecule has 0 radical (unpaired) electrons. The Bertz CT molecular complexity index is 873. The van der Waals surface area contributed by atoms with Gasteiger partial charge in [-0.3, -0.25) is 9.89 Å². The fourth-order valence-electron chi connectivity index (χ4n) is 2.78. The Hall–Kier alpha value is -2.74. The number of hydrogen-bond donors (Lipinski definition) is 2. The molecule has 122 valence electrons. The summed E-state index contributed by atoms with van der Waals surface area (Å²) in [5.41, 5.74) is 3.30. The van der Waals surface area contributed by atoms with Gasteiger partial charge >= 0.3 is 0 Å². The molecule has 0 aliphatic carbocycles. The van der Waals surface area contributed by atoms with Crippen LogP contribution >= 0.6 is 11.3 Å². The number of thiophene rings is 1. The van der Waals surface area contributed by atoms with Crippen molar-refractivity contribution in [2.45, 2.75) is 13.0 Å². The van der Waals surface area contributed by atoms with Crippen LogP contribution in [0.3, 0.4) is 0 Å². The average molecular weight is 340 g/mol. The fourth-order valence-corrected chi connectivity index (χ4v) is 3.47.